The number of phenolic OH excluding ortho intramolecular Hbond substituents is 4. The number of carbonyl (C=O) groups excluding carboxylic acids is 1. The molecule has 1 atom stereocenters. The molecule has 0 aliphatic carbocycles. The van der Waals surface area contributed by atoms with Crippen LogP contribution >= 0.6 is 15.9 Å². The van der Waals surface area contributed by atoms with Crippen molar-refractivity contribution >= 4 is 21.7 Å². The molecule has 6 heteroatoms. The van der Waals surface area contributed by atoms with Gasteiger partial charge < -0.3 is 20.4 Å². The number of ketones is 1. The smallest absolute Gasteiger partial charge is 0.163 e. The second-order valence-corrected chi connectivity index (χ2v) is 5.95. The zero-order valence-corrected chi connectivity index (χ0v) is 13.3. The molecular formula is C16H15BrO5. The van der Waals surface area contributed by atoms with Gasteiger partial charge >= 0.3 is 0 Å². The van der Waals surface area contributed by atoms with Gasteiger partial charge in [0.15, 0.2) is 28.8 Å². The molecule has 0 bridgehead atoms. The van der Waals surface area contributed by atoms with Gasteiger partial charge in [-0.2, -0.15) is 0 Å². The molecule has 4 N–H and O–H groups in total. The molecule has 2 aromatic rings. The van der Waals surface area contributed by atoms with Crippen molar-refractivity contribution < 1.29 is 25.2 Å². The third-order valence-electron chi connectivity index (χ3n) is 3.41. The number of hydrogen-bond acceptors (Lipinski definition) is 5. The molecule has 5 nitrogen and oxygen atoms in total. The first-order valence-electron chi connectivity index (χ1n) is 6.56. The molecule has 0 aromatic heterocycles. The highest BCUT2D eigenvalue weighted by molar-refractivity contribution is 9.10. The van der Waals surface area contributed by atoms with Gasteiger partial charge in [0.1, 0.15) is 0 Å². The maximum Gasteiger partial charge on any atom is 0.163 e. The van der Waals surface area contributed by atoms with Crippen LogP contribution in [0, 0.1) is 0 Å². The highest BCUT2D eigenvalue weighted by atomic mass is 79.9. The van der Waals surface area contributed by atoms with Gasteiger partial charge in [-0.3, -0.25) is 4.79 Å². The van der Waals surface area contributed by atoms with Crippen LogP contribution in [0.5, 0.6) is 23.0 Å². The maximum atomic E-state index is 12.2. The van der Waals surface area contributed by atoms with Crippen LogP contribution in [0.4, 0.5) is 0 Å². The Hall–Kier alpha value is -2.21. The van der Waals surface area contributed by atoms with E-state index in [2.05, 4.69) is 15.9 Å². The number of Topliss-reactive ketones (excluding diaryl/α,β-unsaturated/α-hetero) is 1. The Bertz CT molecular complexity index is 727. The Kier molecular flexibility index (Phi) is 4.61. The molecule has 0 saturated heterocycles. The summed E-state index contributed by atoms with van der Waals surface area (Å²) in [5.74, 6) is -1.54. The molecule has 0 aliphatic rings. The van der Waals surface area contributed by atoms with E-state index in [9.17, 15) is 25.2 Å². The summed E-state index contributed by atoms with van der Waals surface area (Å²) in [6.07, 6.45) is 0.146. The van der Waals surface area contributed by atoms with E-state index in [0.717, 1.165) is 0 Å². The summed E-state index contributed by atoms with van der Waals surface area (Å²) in [6, 6.07) is 6.69. The largest absolute Gasteiger partial charge is 0.504 e. The average Bonchev–Trinajstić information content (AvgIpc) is 2.45. The molecule has 0 spiro atoms. The van der Waals surface area contributed by atoms with E-state index in [0.29, 0.717) is 15.6 Å². The van der Waals surface area contributed by atoms with Crippen molar-refractivity contribution in [2.24, 2.45) is 0 Å². The molecular weight excluding hydrogens is 352 g/mol. The summed E-state index contributed by atoms with van der Waals surface area (Å²) in [6.45, 7) is 1.81. The van der Waals surface area contributed by atoms with Gasteiger partial charge in [-0.05, 0) is 41.8 Å². The fourth-order valence-corrected chi connectivity index (χ4v) is 2.87. The molecule has 0 aliphatic heterocycles. The maximum absolute atomic E-state index is 12.2. The van der Waals surface area contributed by atoms with Crippen LogP contribution in [0.3, 0.4) is 0 Å². The molecule has 0 saturated carbocycles. The first-order valence-corrected chi connectivity index (χ1v) is 7.35. The van der Waals surface area contributed by atoms with E-state index in [1.807, 2.05) is 6.92 Å². The zero-order chi connectivity index (χ0) is 16.4. The first-order chi connectivity index (χ1) is 10.3. The first kappa shape index (κ1) is 16.2. The van der Waals surface area contributed by atoms with Gasteiger partial charge in [-0.1, -0.05) is 22.9 Å². The molecule has 0 radical (unpaired) electrons. The summed E-state index contributed by atoms with van der Waals surface area (Å²) in [5.41, 5.74) is 0.980. The predicted molar refractivity (Wildman–Crippen MR) is 84.6 cm³/mol. The van der Waals surface area contributed by atoms with Crippen LogP contribution in [0.1, 0.15) is 35.2 Å². The quantitative estimate of drug-likeness (QED) is 0.489. The number of carbonyl (C=O) groups is 1. The monoisotopic (exact) mass is 366 g/mol. The lowest BCUT2D eigenvalue weighted by atomic mass is 9.93. The third-order valence-corrected chi connectivity index (χ3v) is 4.10. The van der Waals surface area contributed by atoms with Gasteiger partial charge in [-0.15, -0.1) is 0 Å². The van der Waals surface area contributed by atoms with Gasteiger partial charge in [-0.25, -0.2) is 0 Å². The Morgan fingerprint density at radius 1 is 1.00 bits per heavy atom. The van der Waals surface area contributed by atoms with Crippen LogP contribution in [-0.2, 0) is 0 Å². The van der Waals surface area contributed by atoms with E-state index in [4.69, 9.17) is 0 Å². The Morgan fingerprint density at radius 3 is 2.23 bits per heavy atom. The lowest BCUT2D eigenvalue weighted by Crippen LogP contribution is -2.05. The van der Waals surface area contributed by atoms with Crippen molar-refractivity contribution in [2.45, 2.75) is 19.3 Å². The summed E-state index contributed by atoms with van der Waals surface area (Å²) in [5, 5.41) is 37.7. The van der Waals surface area contributed by atoms with E-state index < -0.39 is 0 Å². The number of halogens is 1. The Morgan fingerprint density at radius 2 is 1.59 bits per heavy atom. The SMILES string of the molecule is CC(CC(=O)c1ccc(O)c(O)c1)c1cc(O)c(O)cc1Br. The zero-order valence-electron chi connectivity index (χ0n) is 11.7. The predicted octanol–water partition coefficient (Wildman–Crippen LogP) is 3.65. The Labute approximate surface area is 135 Å². The van der Waals surface area contributed by atoms with E-state index >= 15 is 0 Å². The number of aromatic hydroxyl groups is 4. The van der Waals surface area contributed by atoms with E-state index in [1.54, 1.807) is 0 Å². The summed E-state index contributed by atoms with van der Waals surface area (Å²) in [4.78, 5) is 12.2. The van der Waals surface area contributed by atoms with Gasteiger partial charge in [0.05, 0.1) is 0 Å². The van der Waals surface area contributed by atoms with Crippen molar-refractivity contribution in [3.63, 3.8) is 0 Å². The molecule has 116 valence electrons. The lowest BCUT2D eigenvalue weighted by Gasteiger charge is -2.14. The average molecular weight is 367 g/mol. The number of benzene rings is 2. The van der Waals surface area contributed by atoms with Crippen LogP contribution in [-0.4, -0.2) is 26.2 Å². The normalized spacial score (nSPS) is 12.1. The van der Waals surface area contributed by atoms with Gasteiger partial charge in [0, 0.05) is 16.5 Å². The molecule has 2 rings (SSSR count). The number of hydrogen-bond donors (Lipinski definition) is 4. The van der Waals surface area contributed by atoms with Crippen molar-refractivity contribution in [3.8, 4) is 23.0 Å². The van der Waals surface area contributed by atoms with Crippen molar-refractivity contribution in [1.29, 1.82) is 0 Å². The van der Waals surface area contributed by atoms with Crippen LogP contribution in [0.2, 0.25) is 0 Å². The van der Waals surface area contributed by atoms with Crippen molar-refractivity contribution in [1.82, 2.24) is 0 Å². The molecule has 2 aromatic carbocycles. The van der Waals surface area contributed by atoms with Crippen molar-refractivity contribution in [2.75, 3.05) is 0 Å². The fraction of sp³-hybridized carbons (Fsp3) is 0.188. The van der Waals surface area contributed by atoms with E-state index in [1.165, 1.54) is 30.3 Å². The second kappa shape index (κ2) is 6.27. The van der Waals surface area contributed by atoms with Gasteiger partial charge in [0.25, 0.3) is 0 Å². The summed E-state index contributed by atoms with van der Waals surface area (Å²) < 4.78 is 0.594. The standard InChI is InChI=1S/C16H15BrO5/c1-8(10-6-15(21)16(22)7-11(10)17)4-13(19)9-2-3-12(18)14(20)5-9/h2-3,5-8,18,20-22H,4H2,1H3. The number of rotatable bonds is 4. The minimum Gasteiger partial charge on any atom is -0.504 e. The Balaban J connectivity index is 2.21. The fourth-order valence-electron chi connectivity index (χ4n) is 2.15. The van der Waals surface area contributed by atoms with Crippen LogP contribution in [0.25, 0.3) is 0 Å². The van der Waals surface area contributed by atoms with Crippen LogP contribution in [0.15, 0.2) is 34.8 Å². The molecule has 0 heterocycles. The summed E-state index contributed by atoms with van der Waals surface area (Å²) >= 11 is 3.29. The minimum atomic E-state index is -0.345. The topological polar surface area (TPSA) is 98.0 Å². The van der Waals surface area contributed by atoms with E-state index in [-0.39, 0.29) is 41.1 Å². The lowest BCUT2D eigenvalue weighted by molar-refractivity contribution is 0.0975. The summed E-state index contributed by atoms with van der Waals surface area (Å²) in [7, 11) is 0. The molecule has 22 heavy (non-hydrogen) atoms. The third kappa shape index (κ3) is 3.33. The molecule has 0 amide bonds. The van der Waals surface area contributed by atoms with Crippen LogP contribution < -0.4 is 0 Å². The number of phenols is 4. The molecule has 1 unspecified atom stereocenters. The van der Waals surface area contributed by atoms with Crippen molar-refractivity contribution in [3.05, 3.63) is 45.9 Å². The second-order valence-electron chi connectivity index (χ2n) is 5.09. The molecule has 0 fully saturated rings. The minimum absolute atomic E-state index is 0.146. The van der Waals surface area contributed by atoms with Gasteiger partial charge in [0.2, 0.25) is 0 Å². The highest BCUT2D eigenvalue weighted by Crippen LogP contribution is 2.37. The highest BCUT2D eigenvalue weighted by Gasteiger charge is 2.18.